The zero-order valence-corrected chi connectivity index (χ0v) is 15.2. The second-order valence-corrected chi connectivity index (χ2v) is 7.26. The Bertz CT molecular complexity index is 652. The summed E-state index contributed by atoms with van der Waals surface area (Å²) in [7, 11) is 1.99. The van der Waals surface area contributed by atoms with Crippen molar-refractivity contribution >= 4 is 31.9 Å². The molecule has 2 atom stereocenters. The lowest BCUT2D eigenvalue weighted by Crippen LogP contribution is -2.17. The Morgan fingerprint density at radius 1 is 1.10 bits per heavy atom. The molecule has 0 saturated carbocycles. The highest BCUT2D eigenvalue weighted by Gasteiger charge is 2.21. The van der Waals surface area contributed by atoms with Crippen molar-refractivity contribution < 1.29 is 4.74 Å². The number of fused-ring (bicyclic) bond motifs is 1. The van der Waals surface area contributed by atoms with Crippen LogP contribution in [-0.2, 0) is 6.42 Å². The van der Waals surface area contributed by atoms with E-state index in [1.165, 1.54) is 16.7 Å². The quantitative estimate of drug-likeness (QED) is 0.781. The number of halogens is 2. The van der Waals surface area contributed by atoms with Gasteiger partial charge in [0.2, 0.25) is 0 Å². The molecule has 0 saturated heterocycles. The predicted molar refractivity (Wildman–Crippen MR) is 93.0 cm³/mol. The lowest BCUT2D eigenvalue weighted by Gasteiger charge is -2.19. The molecule has 0 fully saturated rings. The molecular formula is C17H17Br2NO. The molecule has 4 heteroatoms. The van der Waals surface area contributed by atoms with Crippen molar-refractivity contribution in [2.24, 2.45) is 0 Å². The van der Waals surface area contributed by atoms with Crippen molar-refractivity contribution in [3.63, 3.8) is 0 Å². The van der Waals surface area contributed by atoms with Gasteiger partial charge in [-0.1, -0.05) is 44.0 Å². The molecule has 2 nitrogen and oxygen atoms in total. The molecule has 1 N–H and O–H groups in total. The van der Waals surface area contributed by atoms with E-state index in [0.717, 1.165) is 21.1 Å². The van der Waals surface area contributed by atoms with Gasteiger partial charge < -0.3 is 10.1 Å². The van der Waals surface area contributed by atoms with Gasteiger partial charge >= 0.3 is 0 Å². The Hall–Kier alpha value is -0.840. The molecule has 2 aromatic rings. The van der Waals surface area contributed by atoms with E-state index >= 15 is 0 Å². The lowest BCUT2D eigenvalue weighted by atomic mass is 9.96. The SMILES string of the molecule is CNC(c1cc(Br)cc(Br)c1)c1ccc2c(c1)CC(C)O2. The molecule has 1 aliphatic rings. The van der Waals surface area contributed by atoms with Crippen LogP contribution in [0.25, 0.3) is 0 Å². The van der Waals surface area contributed by atoms with Gasteiger partial charge in [-0.25, -0.2) is 0 Å². The Morgan fingerprint density at radius 3 is 2.48 bits per heavy atom. The largest absolute Gasteiger partial charge is 0.490 e. The van der Waals surface area contributed by atoms with Crippen LogP contribution in [0.4, 0.5) is 0 Å². The molecule has 21 heavy (non-hydrogen) atoms. The van der Waals surface area contributed by atoms with E-state index in [2.05, 4.69) is 80.5 Å². The summed E-state index contributed by atoms with van der Waals surface area (Å²) in [6.45, 7) is 2.11. The average molecular weight is 411 g/mol. The molecule has 0 radical (unpaired) electrons. The van der Waals surface area contributed by atoms with Crippen LogP contribution in [0.15, 0.2) is 45.3 Å². The second kappa shape index (κ2) is 6.11. The number of hydrogen-bond donors (Lipinski definition) is 1. The number of hydrogen-bond acceptors (Lipinski definition) is 2. The first kappa shape index (κ1) is 15.1. The van der Waals surface area contributed by atoms with Crippen LogP contribution in [0.3, 0.4) is 0 Å². The third-order valence-corrected chi connectivity index (χ3v) is 4.68. The zero-order chi connectivity index (χ0) is 15.0. The predicted octanol–water partition coefficient (Wildman–Crippen LogP) is 4.84. The van der Waals surface area contributed by atoms with Gasteiger partial charge in [-0.2, -0.15) is 0 Å². The van der Waals surface area contributed by atoms with E-state index in [9.17, 15) is 0 Å². The number of rotatable bonds is 3. The third-order valence-electron chi connectivity index (χ3n) is 3.76. The summed E-state index contributed by atoms with van der Waals surface area (Å²) in [5, 5.41) is 3.41. The highest BCUT2D eigenvalue weighted by molar-refractivity contribution is 9.11. The van der Waals surface area contributed by atoms with Crippen LogP contribution in [0, 0.1) is 0 Å². The summed E-state index contributed by atoms with van der Waals surface area (Å²) in [5.41, 5.74) is 3.79. The van der Waals surface area contributed by atoms with Crippen LogP contribution in [0.1, 0.15) is 29.7 Å². The molecule has 1 aliphatic heterocycles. The maximum Gasteiger partial charge on any atom is 0.123 e. The average Bonchev–Trinajstić information content (AvgIpc) is 2.78. The minimum absolute atomic E-state index is 0.167. The van der Waals surface area contributed by atoms with Crippen LogP contribution >= 0.6 is 31.9 Å². The fourth-order valence-corrected chi connectivity index (χ4v) is 4.22. The number of nitrogens with one attached hydrogen (secondary N) is 1. The molecule has 2 unspecified atom stereocenters. The molecule has 0 spiro atoms. The van der Waals surface area contributed by atoms with E-state index in [1.807, 2.05) is 7.05 Å². The van der Waals surface area contributed by atoms with Gasteiger partial charge in [0, 0.05) is 15.4 Å². The van der Waals surface area contributed by atoms with E-state index in [1.54, 1.807) is 0 Å². The first-order valence-corrected chi connectivity index (χ1v) is 8.58. The maximum absolute atomic E-state index is 5.78. The highest BCUT2D eigenvalue weighted by Crippen LogP contribution is 2.34. The molecule has 0 amide bonds. The van der Waals surface area contributed by atoms with Gasteiger partial charge in [0.25, 0.3) is 0 Å². The molecule has 1 heterocycles. The van der Waals surface area contributed by atoms with Gasteiger partial charge in [0.1, 0.15) is 11.9 Å². The zero-order valence-electron chi connectivity index (χ0n) is 12.0. The van der Waals surface area contributed by atoms with Crippen molar-refractivity contribution in [2.75, 3.05) is 7.05 Å². The van der Waals surface area contributed by atoms with Gasteiger partial charge in [-0.15, -0.1) is 0 Å². The third kappa shape index (κ3) is 3.17. The van der Waals surface area contributed by atoms with Crippen molar-refractivity contribution in [3.8, 4) is 5.75 Å². The van der Waals surface area contributed by atoms with Crippen molar-refractivity contribution in [1.82, 2.24) is 5.32 Å². The van der Waals surface area contributed by atoms with Crippen molar-refractivity contribution in [2.45, 2.75) is 25.5 Å². The fourth-order valence-electron chi connectivity index (χ4n) is 2.89. The summed E-state index contributed by atoms with van der Waals surface area (Å²) >= 11 is 7.13. The molecule has 0 bridgehead atoms. The normalized spacial score (nSPS) is 18.2. The standard InChI is InChI=1S/C17H17Br2NO/c1-10-5-12-6-11(3-4-16(12)21-10)17(20-2)13-7-14(18)9-15(19)8-13/h3-4,6-10,17,20H,5H2,1-2H3. The Morgan fingerprint density at radius 2 is 1.81 bits per heavy atom. The molecule has 3 rings (SSSR count). The Labute approximate surface area is 142 Å². The second-order valence-electron chi connectivity index (χ2n) is 5.42. The molecule has 0 aliphatic carbocycles. The Kier molecular flexibility index (Phi) is 4.38. The number of ether oxygens (including phenoxy) is 1. The highest BCUT2D eigenvalue weighted by atomic mass is 79.9. The molecule has 110 valence electrons. The summed E-state index contributed by atoms with van der Waals surface area (Å²) in [6, 6.07) is 13.0. The lowest BCUT2D eigenvalue weighted by molar-refractivity contribution is 0.254. The van der Waals surface area contributed by atoms with Crippen LogP contribution in [-0.4, -0.2) is 13.2 Å². The summed E-state index contributed by atoms with van der Waals surface area (Å²) in [5.74, 6) is 1.02. The van der Waals surface area contributed by atoms with Gasteiger partial charge in [0.05, 0.1) is 6.04 Å². The first-order valence-electron chi connectivity index (χ1n) is 6.99. The van der Waals surface area contributed by atoms with E-state index in [4.69, 9.17) is 4.74 Å². The van der Waals surface area contributed by atoms with Crippen LogP contribution in [0.5, 0.6) is 5.75 Å². The molecule has 2 aromatic carbocycles. The maximum atomic E-state index is 5.78. The van der Waals surface area contributed by atoms with Gasteiger partial charge in [-0.05, 0) is 54.9 Å². The van der Waals surface area contributed by atoms with E-state index in [-0.39, 0.29) is 12.1 Å². The minimum Gasteiger partial charge on any atom is -0.490 e. The summed E-state index contributed by atoms with van der Waals surface area (Å²) in [4.78, 5) is 0. The van der Waals surface area contributed by atoms with E-state index < -0.39 is 0 Å². The summed E-state index contributed by atoms with van der Waals surface area (Å²) in [6.07, 6.45) is 1.27. The monoisotopic (exact) mass is 409 g/mol. The molecule has 0 aromatic heterocycles. The van der Waals surface area contributed by atoms with Gasteiger partial charge in [0.15, 0.2) is 0 Å². The van der Waals surface area contributed by atoms with E-state index in [0.29, 0.717) is 0 Å². The van der Waals surface area contributed by atoms with Crippen LogP contribution < -0.4 is 10.1 Å². The Balaban J connectivity index is 1.99. The first-order chi connectivity index (χ1) is 10.1. The smallest absolute Gasteiger partial charge is 0.123 e. The van der Waals surface area contributed by atoms with Crippen LogP contribution in [0.2, 0.25) is 0 Å². The number of benzene rings is 2. The minimum atomic E-state index is 0.167. The van der Waals surface area contributed by atoms with Gasteiger partial charge in [-0.3, -0.25) is 0 Å². The van der Waals surface area contributed by atoms with Crippen molar-refractivity contribution in [3.05, 3.63) is 62.0 Å². The van der Waals surface area contributed by atoms with Crippen molar-refractivity contribution in [1.29, 1.82) is 0 Å². The topological polar surface area (TPSA) is 21.3 Å². The molecular weight excluding hydrogens is 394 g/mol. The fraction of sp³-hybridized carbons (Fsp3) is 0.294. The summed E-state index contributed by atoms with van der Waals surface area (Å²) < 4.78 is 7.93.